The number of hydrogen-bond acceptors (Lipinski definition) is 5. The van der Waals surface area contributed by atoms with Crippen molar-refractivity contribution >= 4 is 48.9 Å². The number of pyridine rings is 1. The minimum Gasteiger partial charge on any atom is -0.495 e. The first-order chi connectivity index (χ1) is 9.83. The van der Waals surface area contributed by atoms with E-state index in [0.717, 1.165) is 0 Å². The molecule has 0 saturated carbocycles. The van der Waals surface area contributed by atoms with Gasteiger partial charge in [-0.2, -0.15) is 0 Å². The highest BCUT2D eigenvalue weighted by atomic mass is 79.9. The van der Waals surface area contributed by atoms with Gasteiger partial charge in [0.15, 0.2) is 0 Å². The summed E-state index contributed by atoms with van der Waals surface area (Å²) in [7, 11) is -2.33. The Bertz CT molecular complexity index is 783. The van der Waals surface area contributed by atoms with Crippen LogP contribution in [0.25, 0.3) is 0 Å². The fourth-order valence-corrected chi connectivity index (χ4v) is 3.09. The third kappa shape index (κ3) is 3.58. The van der Waals surface area contributed by atoms with Crippen LogP contribution in [0.3, 0.4) is 0 Å². The number of methoxy groups -OCH3 is 1. The van der Waals surface area contributed by atoms with E-state index in [1.807, 2.05) is 0 Å². The molecule has 0 saturated heterocycles. The second-order valence-electron chi connectivity index (χ2n) is 4.01. The van der Waals surface area contributed by atoms with Gasteiger partial charge in [0.1, 0.15) is 10.9 Å². The number of nitrogen functional groups attached to an aromatic ring is 1. The second-order valence-corrected chi connectivity index (χ2v) is 6.90. The van der Waals surface area contributed by atoms with Crippen molar-refractivity contribution in [3.63, 3.8) is 0 Å². The third-order valence-corrected chi connectivity index (χ3v) is 5.07. The van der Waals surface area contributed by atoms with E-state index in [2.05, 4.69) is 25.6 Å². The van der Waals surface area contributed by atoms with E-state index in [0.29, 0.717) is 10.2 Å². The smallest absolute Gasteiger partial charge is 0.262 e. The Morgan fingerprint density at radius 2 is 2.10 bits per heavy atom. The van der Waals surface area contributed by atoms with E-state index in [-0.39, 0.29) is 21.4 Å². The molecule has 1 heterocycles. The molecule has 21 heavy (non-hydrogen) atoms. The molecule has 0 amide bonds. The number of aromatic nitrogens is 1. The summed E-state index contributed by atoms with van der Waals surface area (Å²) in [5.41, 5.74) is 6.22. The van der Waals surface area contributed by atoms with Crippen LogP contribution in [0.5, 0.6) is 5.75 Å². The number of sulfonamides is 1. The highest BCUT2D eigenvalue weighted by Crippen LogP contribution is 2.27. The normalized spacial score (nSPS) is 11.2. The molecule has 0 fully saturated rings. The molecule has 0 aliphatic carbocycles. The van der Waals surface area contributed by atoms with Gasteiger partial charge in [-0.05, 0) is 40.2 Å². The van der Waals surface area contributed by atoms with E-state index in [4.69, 9.17) is 22.1 Å². The van der Waals surface area contributed by atoms with Gasteiger partial charge in [-0.25, -0.2) is 13.4 Å². The Labute approximate surface area is 135 Å². The lowest BCUT2D eigenvalue weighted by atomic mass is 10.3. The fourth-order valence-electron chi connectivity index (χ4n) is 1.57. The van der Waals surface area contributed by atoms with E-state index < -0.39 is 10.0 Å². The van der Waals surface area contributed by atoms with Gasteiger partial charge >= 0.3 is 0 Å². The van der Waals surface area contributed by atoms with Crippen molar-refractivity contribution < 1.29 is 13.2 Å². The largest absolute Gasteiger partial charge is 0.495 e. The molecule has 1 aromatic carbocycles. The Morgan fingerprint density at radius 1 is 1.38 bits per heavy atom. The zero-order valence-corrected chi connectivity index (χ0v) is 14.0. The summed E-state index contributed by atoms with van der Waals surface area (Å²) >= 11 is 8.93. The highest BCUT2D eigenvalue weighted by molar-refractivity contribution is 9.10. The molecule has 0 atom stereocenters. The maximum atomic E-state index is 12.3. The molecular formula is C12H11BrClN3O3S. The van der Waals surface area contributed by atoms with Crippen LogP contribution in [0, 0.1) is 0 Å². The number of nitrogens with two attached hydrogens (primary N) is 1. The SMILES string of the molecule is COc1ccc(S(=O)(=O)Nc2cnc(Cl)c(Br)c2)cc1N. The molecule has 0 bridgehead atoms. The lowest BCUT2D eigenvalue weighted by Gasteiger charge is -2.10. The molecule has 0 unspecified atom stereocenters. The van der Waals surface area contributed by atoms with Crippen molar-refractivity contribution in [3.8, 4) is 5.75 Å². The number of nitrogens with one attached hydrogen (secondary N) is 1. The molecule has 112 valence electrons. The quantitative estimate of drug-likeness (QED) is 0.616. The number of nitrogens with zero attached hydrogens (tertiary/aromatic N) is 1. The van der Waals surface area contributed by atoms with Gasteiger partial charge in [-0.3, -0.25) is 4.72 Å². The van der Waals surface area contributed by atoms with Gasteiger partial charge in [-0.15, -0.1) is 0 Å². The molecule has 9 heteroatoms. The number of ether oxygens (including phenoxy) is 1. The van der Waals surface area contributed by atoms with Crippen LogP contribution in [0.15, 0.2) is 39.8 Å². The van der Waals surface area contributed by atoms with Crippen LogP contribution < -0.4 is 15.2 Å². The highest BCUT2D eigenvalue weighted by Gasteiger charge is 2.16. The predicted octanol–water partition coefficient (Wildman–Crippen LogP) is 2.89. The average Bonchev–Trinajstić information content (AvgIpc) is 2.42. The van der Waals surface area contributed by atoms with Crippen molar-refractivity contribution in [2.75, 3.05) is 17.6 Å². The lowest BCUT2D eigenvalue weighted by molar-refractivity contribution is 0.416. The molecule has 0 aliphatic heterocycles. The zero-order valence-electron chi connectivity index (χ0n) is 10.8. The first-order valence-electron chi connectivity index (χ1n) is 5.61. The zero-order chi connectivity index (χ0) is 15.6. The second kappa shape index (κ2) is 6.08. The Morgan fingerprint density at radius 3 is 2.67 bits per heavy atom. The standard InChI is InChI=1S/C12H11BrClN3O3S/c1-20-11-3-2-8(5-10(11)15)21(18,19)17-7-4-9(13)12(14)16-6-7/h2-6,17H,15H2,1H3. The van der Waals surface area contributed by atoms with Gasteiger partial charge in [0.25, 0.3) is 10.0 Å². The van der Waals surface area contributed by atoms with Crippen LogP contribution in [-0.4, -0.2) is 20.5 Å². The summed E-state index contributed by atoms with van der Waals surface area (Å²) < 4.78 is 32.4. The first-order valence-corrected chi connectivity index (χ1v) is 8.26. The maximum absolute atomic E-state index is 12.3. The van der Waals surface area contributed by atoms with Crippen LogP contribution in [0.4, 0.5) is 11.4 Å². The number of rotatable bonds is 4. The van der Waals surface area contributed by atoms with Crippen molar-refractivity contribution in [2.45, 2.75) is 4.90 Å². The van der Waals surface area contributed by atoms with Crippen LogP contribution >= 0.6 is 27.5 Å². The summed E-state index contributed by atoms with van der Waals surface area (Å²) in [5.74, 6) is 0.407. The summed E-state index contributed by atoms with van der Waals surface area (Å²) in [4.78, 5) is 3.87. The van der Waals surface area contributed by atoms with Crippen LogP contribution in [0.2, 0.25) is 5.15 Å². The maximum Gasteiger partial charge on any atom is 0.262 e. The predicted molar refractivity (Wildman–Crippen MR) is 85.2 cm³/mol. The van der Waals surface area contributed by atoms with Gasteiger partial charge in [-0.1, -0.05) is 11.6 Å². The van der Waals surface area contributed by atoms with Crippen molar-refractivity contribution in [3.05, 3.63) is 40.1 Å². The Hall–Kier alpha value is -1.51. The lowest BCUT2D eigenvalue weighted by Crippen LogP contribution is -2.13. The van der Waals surface area contributed by atoms with Gasteiger partial charge in [0, 0.05) is 0 Å². The topological polar surface area (TPSA) is 94.3 Å². The summed E-state index contributed by atoms with van der Waals surface area (Å²) in [6, 6.07) is 5.72. The van der Waals surface area contributed by atoms with E-state index in [1.165, 1.54) is 37.6 Å². The Balaban J connectivity index is 2.33. The number of halogens is 2. The van der Waals surface area contributed by atoms with Crippen LogP contribution in [-0.2, 0) is 10.0 Å². The van der Waals surface area contributed by atoms with E-state index in [9.17, 15) is 8.42 Å². The van der Waals surface area contributed by atoms with Gasteiger partial charge in [0.2, 0.25) is 0 Å². The number of anilines is 2. The fraction of sp³-hybridized carbons (Fsp3) is 0.0833. The molecule has 2 rings (SSSR count). The molecule has 0 aliphatic rings. The van der Waals surface area contributed by atoms with Crippen molar-refractivity contribution in [2.24, 2.45) is 0 Å². The molecule has 6 nitrogen and oxygen atoms in total. The van der Waals surface area contributed by atoms with E-state index >= 15 is 0 Å². The molecule has 3 N–H and O–H groups in total. The first kappa shape index (κ1) is 15.9. The minimum absolute atomic E-state index is 0.0203. The molecular weight excluding hydrogens is 382 g/mol. The van der Waals surface area contributed by atoms with Gasteiger partial charge < -0.3 is 10.5 Å². The monoisotopic (exact) mass is 391 g/mol. The van der Waals surface area contributed by atoms with Crippen LogP contribution in [0.1, 0.15) is 0 Å². The average molecular weight is 393 g/mol. The van der Waals surface area contributed by atoms with Crippen molar-refractivity contribution in [1.82, 2.24) is 4.98 Å². The summed E-state index contributed by atoms with van der Waals surface area (Å²) in [5, 5.41) is 0.242. The third-order valence-electron chi connectivity index (χ3n) is 2.56. The van der Waals surface area contributed by atoms with Crippen molar-refractivity contribution in [1.29, 1.82) is 0 Å². The summed E-state index contributed by atoms with van der Waals surface area (Å²) in [6.45, 7) is 0. The molecule has 0 radical (unpaired) electrons. The van der Waals surface area contributed by atoms with E-state index in [1.54, 1.807) is 0 Å². The molecule has 2 aromatic rings. The molecule has 1 aromatic heterocycles. The minimum atomic E-state index is -3.78. The number of benzene rings is 1. The van der Waals surface area contributed by atoms with Gasteiger partial charge in [0.05, 0.1) is 34.0 Å². The Kier molecular flexibility index (Phi) is 4.60. The number of hydrogen-bond donors (Lipinski definition) is 2. The summed E-state index contributed by atoms with van der Waals surface area (Å²) in [6.07, 6.45) is 1.32. The molecule has 0 spiro atoms.